The van der Waals surface area contributed by atoms with E-state index in [-0.39, 0.29) is 36.0 Å². The fourth-order valence-electron chi connectivity index (χ4n) is 3.45. The second kappa shape index (κ2) is 14.4. The number of hydrogen-bond acceptors (Lipinski definition) is 5. The third-order valence-electron chi connectivity index (χ3n) is 4.90. The Bertz CT molecular complexity index is 636. The van der Waals surface area contributed by atoms with Crippen molar-refractivity contribution < 1.29 is 14.3 Å². The monoisotopic (exact) mass is 518 g/mol. The van der Waals surface area contributed by atoms with Crippen molar-refractivity contribution in [2.24, 2.45) is 4.99 Å². The van der Waals surface area contributed by atoms with Crippen LogP contribution in [-0.2, 0) is 9.53 Å². The number of aliphatic imine (C=N–C) groups is 1. The van der Waals surface area contributed by atoms with Gasteiger partial charge in [-0.3, -0.25) is 14.7 Å². The molecule has 0 amide bonds. The smallest absolute Gasteiger partial charge is 0.305 e. The molecule has 1 aromatic carbocycles. The number of benzene rings is 1. The Morgan fingerprint density at radius 3 is 2.69 bits per heavy atom. The molecule has 0 saturated carbocycles. The summed E-state index contributed by atoms with van der Waals surface area (Å²) >= 11 is 0. The number of halogens is 1. The van der Waals surface area contributed by atoms with Crippen LogP contribution < -0.4 is 15.4 Å². The normalized spacial score (nSPS) is 15.3. The lowest BCUT2D eigenvalue weighted by atomic mass is 10.1. The van der Waals surface area contributed by atoms with Crippen molar-refractivity contribution >= 4 is 35.9 Å². The topological polar surface area (TPSA) is 75.2 Å². The van der Waals surface area contributed by atoms with Crippen LogP contribution in [0, 0.1) is 0 Å². The molecule has 1 fully saturated rings. The molecule has 0 bridgehead atoms. The minimum absolute atomic E-state index is 0. The zero-order chi connectivity index (χ0) is 20.2. The first kappa shape index (κ1) is 25.5. The summed E-state index contributed by atoms with van der Waals surface area (Å²) in [7, 11) is 3.46. The third kappa shape index (κ3) is 8.77. The number of esters is 1. The molecule has 0 aliphatic carbocycles. The maximum absolute atomic E-state index is 11.4. The molecule has 1 saturated heterocycles. The van der Waals surface area contributed by atoms with E-state index in [1.165, 1.54) is 18.4 Å². The minimum atomic E-state index is -0.153. The number of carbonyl (C=O) groups excluding carboxylic acids is 1. The van der Waals surface area contributed by atoms with Gasteiger partial charge in [0.1, 0.15) is 5.75 Å². The Balaban J connectivity index is 0.00000420. The highest BCUT2D eigenvalue weighted by Crippen LogP contribution is 2.27. The number of methoxy groups -OCH3 is 1. The van der Waals surface area contributed by atoms with Crippen LogP contribution in [0.3, 0.4) is 0 Å². The van der Waals surface area contributed by atoms with Crippen LogP contribution in [-0.4, -0.2) is 63.8 Å². The molecule has 1 atom stereocenters. The summed E-state index contributed by atoms with van der Waals surface area (Å²) in [5.74, 6) is 1.47. The Kier molecular flexibility index (Phi) is 12.7. The largest absolute Gasteiger partial charge is 0.497 e. The average molecular weight is 518 g/mol. The first-order valence-electron chi connectivity index (χ1n) is 10.2. The fraction of sp³-hybridized carbons (Fsp3) is 0.619. The van der Waals surface area contributed by atoms with E-state index >= 15 is 0 Å². The zero-order valence-electron chi connectivity index (χ0n) is 17.8. The maximum Gasteiger partial charge on any atom is 0.305 e. The molecule has 29 heavy (non-hydrogen) atoms. The number of carbonyl (C=O) groups is 1. The van der Waals surface area contributed by atoms with E-state index in [0.717, 1.165) is 31.3 Å². The van der Waals surface area contributed by atoms with Crippen molar-refractivity contribution in [2.45, 2.75) is 38.6 Å². The lowest BCUT2D eigenvalue weighted by molar-refractivity contribution is -0.143. The number of nitrogens with zero attached hydrogens (tertiary/aromatic N) is 2. The van der Waals surface area contributed by atoms with Gasteiger partial charge in [0, 0.05) is 26.6 Å². The van der Waals surface area contributed by atoms with Gasteiger partial charge >= 0.3 is 5.97 Å². The number of guanidine groups is 1. The number of nitrogens with one attached hydrogen (secondary N) is 2. The zero-order valence-corrected chi connectivity index (χ0v) is 20.1. The van der Waals surface area contributed by atoms with Crippen molar-refractivity contribution in [3.8, 4) is 5.75 Å². The highest BCUT2D eigenvalue weighted by atomic mass is 127. The van der Waals surface area contributed by atoms with Gasteiger partial charge in [0.05, 0.1) is 19.8 Å². The molecule has 1 heterocycles. The number of rotatable bonds is 10. The van der Waals surface area contributed by atoms with Gasteiger partial charge in [0.15, 0.2) is 5.96 Å². The molecule has 1 aromatic rings. The quantitative estimate of drug-likeness (QED) is 0.163. The molecule has 164 valence electrons. The van der Waals surface area contributed by atoms with Gasteiger partial charge in [-0.15, -0.1) is 24.0 Å². The fourth-order valence-corrected chi connectivity index (χ4v) is 3.45. The van der Waals surface area contributed by atoms with Crippen LogP contribution in [0.1, 0.15) is 44.2 Å². The average Bonchev–Trinajstić information content (AvgIpc) is 3.24. The lowest BCUT2D eigenvalue weighted by Crippen LogP contribution is -2.43. The van der Waals surface area contributed by atoms with Crippen LogP contribution in [0.2, 0.25) is 0 Å². The molecular weight excluding hydrogens is 483 g/mol. The molecule has 7 nitrogen and oxygen atoms in total. The summed E-state index contributed by atoms with van der Waals surface area (Å²) in [6.45, 7) is 5.89. The molecule has 0 spiro atoms. The Labute approximate surface area is 191 Å². The number of ether oxygens (including phenoxy) is 2. The van der Waals surface area contributed by atoms with E-state index in [4.69, 9.17) is 9.47 Å². The predicted octanol–water partition coefficient (Wildman–Crippen LogP) is 2.96. The molecule has 1 unspecified atom stereocenters. The molecule has 1 aliphatic rings. The van der Waals surface area contributed by atoms with E-state index in [2.05, 4.69) is 32.7 Å². The van der Waals surface area contributed by atoms with Crippen molar-refractivity contribution in [2.75, 3.05) is 46.9 Å². The molecular formula is C21H35IN4O3. The predicted molar refractivity (Wildman–Crippen MR) is 127 cm³/mol. The minimum Gasteiger partial charge on any atom is -0.497 e. The summed E-state index contributed by atoms with van der Waals surface area (Å²) in [4.78, 5) is 18.2. The standard InChI is InChI=1S/C21H34N4O3.HI/c1-4-28-20(26)11-8-12-23-21(22-2)24-16-19(25-13-5-6-14-25)17-9-7-10-18(15-17)27-3;/h7,9-10,15,19H,4-6,8,11-14,16H2,1-3H3,(H2,22,23,24);1H. The van der Waals surface area contributed by atoms with E-state index in [1.54, 1.807) is 14.2 Å². The van der Waals surface area contributed by atoms with E-state index in [1.807, 2.05) is 19.1 Å². The van der Waals surface area contributed by atoms with Crippen molar-refractivity contribution in [3.63, 3.8) is 0 Å². The summed E-state index contributed by atoms with van der Waals surface area (Å²) in [6, 6.07) is 8.54. The van der Waals surface area contributed by atoms with E-state index < -0.39 is 0 Å². The molecule has 8 heteroatoms. The van der Waals surface area contributed by atoms with Gasteiger partial charge in [-0.25, -0.2) is 0 Å². The van der Waals surface area contributed by atoms with Crippen molar-refractivity contribution in [1.82, 2.24) is 15.5 Å². The van der Waals surface area contributed by atoms with E-state index in [0.29, 0.717) is 26.0 Å². The van der Waals surface area contributed by atoms with Gasteiger partial charge in [-0.1, -0.05) is 12.1 Å². The first-order chi connectivity index (χ1) is 13.7. The van der Waals surface area contributed by atoms with Gasteiger partial charge in [0.2, 0.25) is 0 Å². The van der Waals surface area contributed by atoms with Gasteiger partial charge in [-0.2, -0.15) is 0 Å². The second-order valence-corrected chi connectivity index (χ2v) is 6.82. The van der Waals surface area contributed by atoms with Crippen LogP contribution in [0.4, 0.5) is 0 Å². The lowest BCUT2D eigenvalue weighted by Gasteiger charge is -2.29. The highest BCUT2D eigenvalue weighted by Gasteiger charge is 2.24. The van der Waals surface area contributed by atoms with Crippen LogP contribution >= 0.6 is 24.0 Å². The molecule has 0 aromatic heterocycles. The second-order valence-electron chi connectivity index (χ2n) is 6.82. The van der Waals surface area contributed by atoms with Gasteiger partial charge in [-0.05, 0) is 57.0 Å². The molecule has 0 radical (unpaired) electrons. The van der Waals surface area contributed by atoms with Gasteiger partial charge in [0.25, 0.3) is 0 Å². The summed E-state index contributed by atoms with van der Waals surface area (Å²) in [5, 5.41) is 6.71. The highest BCUT2D eigenvalue weighted by molar-refractivity contribution is 14.0. The van der Waals surface area contributed by atoms with Gasteiger partial charge < -0.3 is 20.1 Å². The van der Waals surface area contributed by atoms with Crippen LogP contribution in [0.25, 0.3) is 0 Å². The maximum atomic E-state index is 11.4. The Morgan fingerprint density at radius 2 is 2.03 bits per heavy atom. The first-order valence-corrected chi connectivity index (χ1v) is 10.2. The molecule has 1 aliphatic heterocycles. The Morgan fingerprint density at radius 1 is 1.28 bits per heavy atom. The number of likely N-dealkylation sites (tertiary alicyclic amines) is 1. The summed E-state index contributed by atoms with van der Waals surface area (Å²) < 4.78 is 10.4. The Hall–Kier alpha value is -1.55. The van der Waals surface area contributed by atoms with Crippen molar-refractivity contribution in [1.29, 1.82) is 0 Å². The summed E-state index contributed by atoms with van der Waals surface area (Å²) in [5.41, 5.74) is 1.24. The van der Waals surface area contributed by atoms with Crippen LogP contribution in [0.5, 0.6) is 5.75 Å². The molecule has 2 N–H and O–H groups in total. The SMILES string of the molecule is CCOC(=O)CCCNC(=NC)NCC(c1cccc(OC)c1)N1CCCC1.I. The number of hydrogen-bond donors (Lipinski definition) is 2. The van der Waals surface area contributed by atoms with Crippen molar-refractivity contribution in [3.05, 3.63) is 29.8 Å². The summed E-state index contributed by atoms with van der Waals surface area (Å²) in [6.07, 6.45) is 3.60. The van der Waals surface area contributed by atoms with E-state index in [9.17, 15) is 4.79 Å². The van der Waals surface area contributed by atoms with Crippen LogP contribution in [0.15, 0.2) is 29.3 Å². The molecule has 2 rings (SSSR count). The third-order valence-corrected chi connectivity index (χ3v) is 4.90.